The maximum Gasteiger partial charge on any atom is 0.341 e. The molecule has 1 aliphatic heterocycles. The van der Waals surface area contributed by atoms with Crippen molar-refractivity contribution in [3.63, 3.8) is 0 Å². The molecule has 1 fully saturated rings. The maximum absolute atomic E-state index is 13.0. The second-order valence-corrected chi connectivity index (χ2v) is 8.84. The first kappa shape index (κ1) is 21.8. The van der Waals surface area contributed by atoms with Crippen LogP contribution < -0.4 is 10.3 Å². The number of aromatic carboxylic acids is 1. The number of ketones is 1. The predicted octanol–water partition coefficient (Wildman–Crippen LogP) is 2.72. The van der Waals surface area contributed by atoms with Crippen LogP contribution in [0.1, 0.15) is 29.3 Å². The molecule has 0 radical (unpaired) electrons. The number of carbonyl (C=O) groups is 2. The van der Waals surface area contributed by atoms with Crippen LogP contribution >= 0.6 is 11.5 Å². The van der Waals surface area contributed by atoms with E-state index in [4.69, 9.17) is 4.98 Å². The Kier molecular flexibility index (Phi) is 5.40. The van der Waals surface area contributed by atoms with Crippen molar-refractivity contribution in [2.75, 3.05) is 18.0 Å². The molecule has 1 saturated heterocycles. The van der Waals surface area contributed by atoms with Crippen molar-refractivity contribution in [1.29, 1.82) is 0 Å². The lowest BCUT2D eigenvalue weighted by Gasteiger charge is -2.39. The van der Waals surface area contributed by atoms with Crippen molar-refractivity contribution in [2.45, 2.75) is 20.3 Å². The number of pyridine rings is 3. The molecular weight excluding hydrogens is 456 g/mol. The molecule has 11 heteroatoms. The molecule has 4 aromatic rings. The van der Waals surface area contributed by atoms with Gasteiger partial charge in [-0.3, -0.25) is 19.1 Å². The number of aromatic nitrogens is 5. The van der Waals surface area contributed by atoms with Gasteiger partial charge in [-0.05, 0) is 30.7 Å². The van der Waals surface area contributed by atoms with E-state index in [0.29, 0.717) is 53.1 Å². The highest BCUT2D eigenvalue weighted by Crippen LogP contribution is 2.29. The van der Waals surface area contributed by atoms with E-state index in [1.54, 1.807) is 31.5 Å². The average molecular weight is 477 g/mol. The Hall–Kier alpha value is -3.99. The highest BCUT2D eigenvalue weighted by Gasteiger charge is 2.33. The summed E-state index contributed by atoms with van der Waals surface area (Å²) in [7, 11) is 0. The van der Waals surface area contributed by atoms with Crippen LogP contribution in [0.5, 0.6) is 0 Å². The Morgan fingerprint density at radius 1 is 1.26 bits per heavy atom. The van der Waals surface area contributed by atoms with Crippen LogP contribution in [0.2, 0.25) is 0 Å². The van der Waals surface area contributed by atoms with Crippen LogP contribution in [0, 0.1) is 12.8 Å². The van der Waals surface area contributed by atoms with Gasteiger partial charge in [-0.15, -0.1) is 0 Å². The highest BCUT2D eigenvalue weighted by atomic mass is 32.1. The zero-order chi connectivity index (χ0) is 24.0. The Morgan fingerprint density at radius 3 is 2.74 bits per heavy atom. The number of aryl methyl sites for hydroxylation is 1. The number of fused-ring (bicyclic) bond motifs is 1. The van der Waals surface area contributed by atoms with Gasteiger partial charge in [-0.25, -0.2) is 9.78 Å². The summed E-state index contributed by atoms with van der Waals surface area (Å²) in [6.45, 7) is 4.72. The van der Waals surface area contributed by atoms with E-state index in [1.807, 2.05) is 17.9 Å². The summed E-state index contributed by atoms with van der Waals surface area (Å²) in [4.78, 5) is 52.2. The Balaban J connectivity index is 1.66. The van der Waals surface area contributed by atoms with E-state index < -0.39 is 11.4 Å². The largest absolute Gasteiger partial charge is 0.477 e. The van der Waals surface area contributed by atoms with Gasteiger partial charge < -0.3 is 10.0 Å². The number of carbonyl (C=O) groups excluding carboxylic acids is 1. The van der Waals surface area contributed by atoms with E-state index in [9.17, 15) is 19.5 Å². The quantitative estimate of drug-likeness (QED) is 0.446. The van der Waals surface area contributed by atoms with Crippen LogP contribution in [0.3, 0.4) is 0 Å². The summed E-state index contributed by atoms with van der Waals surface area (Å²) in [5, 5.41) is 10.2. The minimum absolute atomic E-state index is 0.0235. The van der Waals surface area contributed by atoms with Gasteiger partial charge in [0.15, 0.2) is 11.5 Å². The van der Waals surface area contributed by atoms with Crippen molar-refractivity contribution in [1.82, 2.24) is 23.9 Å². The van der Waals surface area contributed by atoms with Gasteiger partial charge in [-0.2, -0.15) is 9.36 Å². The fourth-order valence-corrected chi connectivity index (χ4v) is 4.69. The van der Waals surface area contributed by atoms with E-state index in [-0.39, 0.29) is 22.7 Å². The Morgan fingerprint density at radius 2 is 2.06 bits per heavy atom. The van der Waals surface area contributed by atoms with Gasteiger partial charge in [-0.1, -0.05) is 6.92 Å². The molecule has 0 unspecified atom stereocenters. The van der Waals surface area contributed by atoms with Gasteiger partial charge in [0.2, 0.25) is 10.6 Å². The maximum atomic E-state index is 13.0. The van der Waals surface area contributed by atoms with Crippen LogP contribution in [0.15, 0.2) is 41.6 Å². The van der Waals surface area contributed by atoms with Crippen LogP contribution in [-0.2, 0) is 4.79 Å². The zero-order valence-electron chi connectivity index (χ0n) is 18.4. The molecule has 5 heterocycles. The third-order valence-corrected chi connectivity index (χ3v) is 6.64. The fourth-order valence-electron chi connectivity index (χ4n) is 4.02. The highest BCUT2D eigenvalue weighted by molar-refractivity contribution is 7.08. The Labute approximate surface area is 197 Å². The number of carboxylic acid groups (broad SMARTS) is 1. The zero-order valence-corrected chi connectivity index (χ0v) is 19.2. The van der Waals surface area contributed by atoms with E-state index >= 15 is 0 Å². The number of nitrogens with zero attached hydrogens (tertiary/aromatic N) is 6. The predicted molar refractivity (Wildman–Crippen MR) is 127 cm³/mol. The van der Waals surface area contributed by atoms with Crippen LogP contribution in [-0.4, -0.2) is 53.8 Å². The summed E-state index contributed by atoms with van der Waals surface area (Å²) in [6.07, 6.45) is 5.02. The molecule has 0 bridgehead atoms. The molecule has 5 rings (SSSR count). The summed E-state index contributed by atoms with van der Waals surface area (Å²) in [6, 6.07) is 5.35. The summed E-state index contributed by atoms with van der Waals surface area (Å²) >= 11 is 1.07. The number of anilines is 1. The number of Topliss-reactive ketones (excluding diaryl/α,β-unsaturated/α-hetero) is 1. The molecule has 0 aliphatic carbocycles. The van der Waals surface area contributed by atoms with Gasteiger partial charge >= 0.3 is 5.97 Å². The smallest absolute Gasteiger partial charge is 0.341 e. The second kappa shape index (κ2) is 8.41. The van der Waals surface area contributed by atoms with E-state index in [0.717, 1.165) is 11.5 Å². The normalized spacial score (nSPS) is 13.8. The van der Waals surface area contributed by atoms with Crippen LogP contribution in [0.4, 0.5) is 5.82 Å². The molecule has 0 amide bonds. The third-order valence-electron chi connectivity index (χ3n) is 5.92. The van der Waals surface area contributed by atoms with Crippen LogP contribution in [0.25, 0.3) is 27.6 Å². The van der Waals surface area contributed by atoms with Gasteiger partial charge in [0.05, 0.1) is 11.3 Å². The SMILES string of the molecule is CCC(=O)C1CN(c2cc(C)c3c(=O)c(C(=O)O)cn(-c4nc(-c5cccnc5)ns4)c3n2)C1. The minimum Gasteiger partial charge on any atom is -0.477 e. The van der Waals surface area contributed by atoms with Crippen molar-refractivity contribution in [2.24, 2.45) is 5.92 Å². The number of rotatable bonds is 6. The van der Waals surface area contributed by atoms with Crippen molar-refractivity contribution >= 4 is 40.1 Å². The number of hydrogen-bond acceptors (Lipinski definition) is 9. The molecule has 0 saturated carbocycles. The average Bonchev–Trinajstić information content (AvgIpc) is 3.28. The molecule has 172 valence electrons. The third kappa shape index (κ3) is 3.63. The Bertz CT molecular complexity index is 1490. The molecule has 0 aromatic carbocycles. The molecule has 4 aromatic heterocycles. The number of hydrogen-bond donors (Lipinski definition) is 1. The van der Waals surface area contributed by atoms with E-state index in [1.165, 1.54) is 10.8 Å². The van der Waals surface area contributed by atoms with Crippen molar-refractivity contribution in [3.05, 3.63) is 58.1 Å². The monoisotopic (exact) mass is 476 g/mol. The lowest BCUT2D eigenvalue weighted by atomic mass is 9.93. The molecular formula is C23H20N6O4S. The molecule has 34 heavy (non-hydrogen) atoms. The minimum atomic E-state index is -1.33. The molecule has 10 nitrogen and oxygen atoms in total. The van der Waals surface area contributed by atoms with E-state index in [2.05, 4.69) is 14.3 Å². The topological polar surface area (TPSA) is 131 Å². The first-order chi connectivity index (χ1) is 16.4. The summed E-state index contributed by atoms with van der Waals surface area (Å²) in [5.41, 5.74) is 0.634. The van der Waals surface area contributed by atoms with Crippen molar-refractivity contribution in [3.8, 4) is 16.5 Å². The van der Waals surface area contributed by atoms with Gasteiger partial charge in [0.25, 0.3) is 0 Å². The molecule has 0 spiro atoms. The lowest BCUT2D eigenvalue weighted by molar-refractivity contribution is -0.123. The second-order valence-electron chi connectivity index (χ2n) is 8.11. The van der Waals surface area contributed by atoms with Gasteiger partial charge in [0.1, 0.15) is 17.2 Å². The summed E-state index contributed by atoms with van der Waals surface area (Å²) < 4.78 is 5.88. The first-order valence-electron chi connectivity index (χ1n) is 10.7. The van der Waals surface area contributed by atoms with Gasteiger partial charge in [0, 0.05) is 55.2 Å². The molecule has 1 aliphatic rings. The first-order valence-corrected chi connectivity index (χ1v) is 11.5. The van der Waals surface area contributed by atoms with Crippen molar-refractivity contribution < 1.29 is 14.7 Å². The fraction of sp³-hybridized carbons (Fsp3) is 0.261. The lowest BCUT2D eigenvalue weighted by Crippen LogP contribution is -2.50. The summed E-state index contributed by atoms with van der Waals surface area (Å²) in [5.74, 6) is -0.0744. The number of carboxylic acids is 1. The molecule has 1 N–H and O–H groups in total. The molecule has 0 atom stereocenters. The standard InChI is InChI=1S/C23H20N6O4S/c1-3-16(30)14-9-28(10-14)17-7-12(2)18-19(31)15(22(32)33)11-29(21(18)25-17)23-26-20(27-34-23)13-5-4-6-24-8-13/h4-8,11,14H,3,9-10H2,1-2H3,(H,32,33).